The van der Waals surface area contributed by atoms with Gasteiger partial charge in [-0.15, -0.1) is 0 Å². The Morgan fingerprint density at radius 1 is 1.15 bits per heavy atom. The molecular formula is C19H20FN3O3S. The molecule has 1 aromatic heterocycles. The Balaban J connectivity index is 1.71. The summed E-state index contributed by atoms with van der Waals surface area (Å²) in [5.41, 5.74) is 1.57. The molecule has 1 amide bonds. The Labute approximate surface area is 157 Å². The van der Waals surface area contributed by atoms with Crippen LogP contribution < -0.4 is 0 Å². The highest BCUT2D eigenvalue weighted by atomic mass is 32.2. The number of benzene rings is 1. The molecule has 142 valence electrons. The lowest BCUT2D eigenvalue weighted by Gasteiger charge is -2.44. The molecule has 2 aliphatic heterocycles. The first-order valence-corrected chi connectivity index (χ1v) is 10.2. The summed E-state index contributed by atoms with van der Waals surface area (Å²) in [4.78, 5) is 19.1. The van der Waals surface area contributed by atoms with Crippen molar-refractivity contribution in [3.8, 4) is 0 Å². The van der Waals surface area contributed by atoms with Gasteiger partial charge in [-0.05, 0) is 43.7 Å². The minimum absolute atomic E-state index is 0.107. The summed E-state index contributed by atoms with van der Waals surface area (Å²) < 4.78 is 40.3. The average molecular weight is 389 g/mol. The van der Waals surface area contributed by atoms with E-state index in [9.17, 15) is 17.6 Å². The minimum Gasteiger partial charge on any atom is -0.325 e. The highest BCUT2D eigenvalue weighted by Gasteiger charge is 2.52. The van der Waals surface area contributed by atoms with E-state index in [2.05, 4.69) is 4.98 Å². The van der Waals surface area contributed by atoms with Crippen LogP contribution in [0.5, 0.6) is 0 Å². The number of hydrogen-bond acceptors (Lipinski definition) is 4. The first kappa shape index (κ1) is 18.1. The third-order valence-electron chi connectivity index (χ3n) is 5.39. The predicted molar refractivity (Wildman–Crippen MR) is 97.4 cm³/mol. The van der Waals surface area contributed by atoms with Crippen molar-refractivity contribution in [2.24, 2.45) is 0 Å². The third-order valence-corrected chi connectivity index (χ3v) is 7.25. The van der Waals surface area contributed by atoms with E-state index < -0.39 is 22.2 Å². The molecule has 0 radical (unpaired) electrons. The number of amides is 1. The van der Waals surface area contributed by atoms with E-state index in [1.807, 2.05) is 13.8 Å². The Morgan fingerprint density at radius 3 is 2.52 bits per heavy atom. The average Bonchev–Trinajstić information content (AvgIpc) is 2.88. The molecule has 0 aliphatic carbocycles. The van der Waals surface area contributed by atoms with Crippen molar-refractivity contribution in [1.29, 1.82) is 0 Å². The molecule has 2 aliphatic rings. The summed E-state index contributed by atoms with van der Waals surface area (Å²) in [6.45, 7) is 3.71. The minimum atomic E-state index is -3.75. The summed E-state index contributed by atoms with van der Waals surface area (Å²) in [5, 5.41) is 0. The fourth-order valence-corrected chi connectivity index (χ4v) is 5.41. The molecule has 0 spiro atoms. The molecule has 0 saturated carbocycles. The molecule has 6 nitrogen and oxygen atoms in total. The summed E-state index contributed by atoms with van der Waals surface area (Å²) >= 11 is 0. The number of aromatic nitrogens is 1. The second-order valence-electron chi connectivity index (χ2n) is 7.20. The highest BCUT2D eigenvalue weighted by molar-refractivity contribution is 7.89. The van der Waals surface area contributed by atoms with Gasteiger partial charge in [-0.25, -0.2) is 12.8 Å². The molecular weight excluding hydrogens is 369 g/mol. The summed E-state index contributed by atoms with van der Waals surface area (Å²) in [5.74, 6) is -0.107. The lowest BCUT2D eigenvalue weighted by Crippen LogP contribution is -2.58. The molecule has 0 N–H and O–H groups in total. The van der Waals surface area contributed by atoms with E-state index in [4.69, 9.17) is 0 Å². The van der Waals surface area contributed by atoms with Gasteiger partial charge in [0.15, 0.2) is 0 Å². The van der Waals surface area contributed by atoms with Crippen molar-refractivity contribution >= 4 is 15.9 Å². The number of rotatable bonds is 3. The van der Waals surface area contributed by atoms with Crippen molar-refractivity contribution in [3.05, 3.63) is 58.9 Å². The number of hydrogen-bond donors (Lipinski definition) is 0. The van der Waals surface area contributed by atoms with Crippen molar-refractivity contribution < 1.29 is 17.6 Å². The molecule has 27 heavy (non-hydrogen) atoms. The molecule has 1 atom stereocenters. The van der Waals surface area contributed by atoms with Gasteiger partial charge in [0, 0.05) is 25.3 Å². The smallest absolute Gasteiger partial charge is 0.256 e. The van der Waals surface area contributed by atoms with Gasteiger partial charge in [0.1, 0.15) is 6.67 Å². The zero-order valence-electron chi connectivity index (χ0n) is 15.1. The first-order valence-electron chi connectivity index (χ1n) is 8.72. The number of sulfonamides is 1. The number of aryl methyl sites for hydroxylation is 1. The maximum absolute atomic E-state index is 13.1. The summed E-state index contributed by atoms with van der Waals surface area (Å²) in [7, 11) is -3.75. The van der Waals surface area contributed by atoms with Crippen LogP contribution in [0.15, 0.2) is 41.3 Å². The van der Waals surface area contributed by atoms with E-state index in [0.29, 0.717) is 23.4 Å². The number of piperazine rings is 1. The second kappa shape index (κ2) is 6.10. The second-order valence-corrected chi connectivity index (χ2v) is 9.13. The molecule has 3 heterocycles. The monoisotopic (exact) mass is 389 g/mol. The van der Waals surface area contributed by atoms with Crippen LogP contribution in [0.25, 0.3) is 0 Å². The molecule has 1 fully saturated rings. The quantitative estimate of drug-likeness (QED) is 0.807. The lowest BCUT2D eigenvalue weighted by atomic mass is 9.95. The molecule has 2 aromatic rings. The van der Waals surface area contributed by atoms with Gasteiger partial charge in [0.2, 0.25) is 10.0 Å². The van der Waals surface area contributed by atoms with Gasteiger partial charge in [-0.2, -0.15) is 4.31 Å². The van der Waals surface area contributed by atoms with E-state index in [1.54, 1.807) is 17.0 Å². The maximum Gasteiger partial charge on any atom is 0.256 e. The van der Waals surface area contributed by atoms with Gasteiger partial charge in [-0.1, -0.05) is 12.1 Å². The third kappa shape index (κ3) is 2.66. The van der Waals surface area contributed by atoms with E-state index >= 15 is 0 Å². The molecule has 8 heteroatoms. The van der Waals surface area contributed by atoms with Gasteiger partial charge in [0.25, 0.3) is 5.91 Å². The number of carbonyl (C=O) groups excluding carboxylic acids is 1. The Kier molecular flexibility index (Phi) is 4.08. The van der Waals surface area contributed by atoms with E-state index in [-0.39, 0.29) is 23.9 Å². The number of carbonyl (C=O) groups is 1. The van der Waals surface area contributed by atoms with Crippen molar-refractivity contribution in [3.63, 3.8) is 0 Å². The van der Waals surface area contributed by atoms with Crippen LogP contribution in [0.4, 0.5) is 4.39 Å². The highest BCUT2D eigenvalue weighted by Crippen LogP contribution is 2.41. The predicted octanol–water partition coefficient (Wildman–Crippen LogP) is 2.24. The molecule has 1 aromatic carbocycles. The fourth-order valence-electron chi connectivity index (χ4n) is 3.88. The van der Waals surface area contributed by atoms with Crippen LogP contribution in [0.1, 0.15) is 34.2 Å². The molecule has 0 bridgehead atoms. The summed E-state index contributed by atoms with van der Waals surface area (Å²) in [6.07, 6.45) is 0. The zero-order valence-corrected chi connectivity index (χ0v) is 16.0. The van der Waals surface area contributed by atoms with Crippen LogP contribution in [0.3, 0.4) is 0 Å². The molecule has 1 saturated heterocycles. The van der Waals surface area contributed by atoms with Crippen molar-refractivity contribution in [1.82, 2.24) is 14.2 Å². The molecule has 1 unspecified atom stereocenters. The van der Waals surface area contributed by atoms with Gasteiger partial charge < -0.3 is 4.90 Å². The number of fused-ring (bicyclic) bond motifs is 3. The number of alkyl halides is 1. The Morgan fingerprint density at radius 2 is 1.85 bits per heavy atom. The SMILES string of the molecule is Cc1ccc2c(n1)C1(C)CN(S(=O)(=O)c3ccc(CF)cc3)CCN1C2=O. The summed E-state index contributed by atoms with van der Waals surface area (Å²) in [6, 6.07) is 9.36. The fraction of sp³-hybridized carbons (Fsp3) is 0.368. The standard InChI is InChI=1S/C19H20FN3O3S/c1-13-3-8-16-17(21-13)19(2)12-22(9-10-23(19)18(16)24)27(25,26)15-6-4-14(11-20)5-7-15/h3-8H,9-12H2,1-2H3. The molecule has 4 rings (SSSR count). The van der Waals surface area contributed by atoms with E-state index in [0.717, 1.165) is 5.69 Å². The zero-order chi connectivity index (χ0) is 19.4. The van der Waals surface area contributed by atoms with Crippen LogP contribution in [-0.2, 0) is 22.2 Å². The maximum atomic E-state index is 13.1. The number of pyridine rings is 1. The Bertz CT molecular complexity index is 1020. The lowest BCUT2D eigenvalue weighted by molar-refractivity contribution is 0.0365. The van der Waals surface area contributed by atoms with Gasteiger partial charge in [0.05, 0.1) is 21.7 Å². The van der Waals surface area contributed by atoms with E-state index in [1.165, 1.54) is 28.6 Å². The Hall–Kier alpha value is -2.32. The topological polar surface area (TPSA) is 70.6 Å². The first-order chi connectivity index (χ1) is 12.8. The van der Waals surface area contributed by atoms with Gasteiger partial charge >= 0.3 is 0 Å². The van der Waals surface area contributed by atoms with Crippen LogP contribution in [0, 0.1) is 6.92 Å². The number of nitrogens with zero attached hydrogens (tertiary/aromatic N) is 3. The van der Waals surface area contributed by atoms with Crippen LogP contribution in [0.2, 0.25) is 0 Å². The number of halogens is 1. The van der Waals surface area contributed by atoms with Gasteiger partial charge in [-0.3, -0.25) is 9.78 Å². The van der Waals surface area contributed by atoms with Crippen LogP contribution >= 0.6 is 0 Å². The van der Waals surface area contributed by atoms with Crippen molar-refractivity contribution in [2.75, 3.05) is 19.6 Å². The largest absolute Gasteiger partial charge is 0.325 e. The normalized spacial score (nSPS) is 22.6. The van der Waals surface area contributed by atoms with Crippen molar-refractivity contribution in [2.45, 2.75) is 31.0 Å². The van der Waals surface area contributed by atoms with Crippen LogP contribution in [-0.4, -0.2) is 48.1 Å².